The van der Waals surface area contributed by atoms with Crippen molar-refractivity contribution in [3.8, 4) is 5.75 Å². The molecule has 1 aromatic rings. The predicted molar refractivity (Wildman–Crippen MR) is 76.7 cm³/mol. The number of nitrogens with one attached hydrogen (secondary N) is 1. The molecule has 108 valence electrons. The Labute approximate surface area is 115 Å². The van der Waals surface area contributed by atoms with Crippen LogP contribution in [0, 0.1) is 6.92 Å². The first-order chi connectivity index (χ1) is 9.21. The summed E-state index contributed by atoms with van der Waals surface area (Å²) in [6.45, 7) is 7.52. The van der Waals surface area contributed by atoms with Crippen LogP contribution in [0.15, 0.2) is 6.20 Å². The van der Waals surface area contributed by atoms with Gasteiger partial charge in [-0.3, -0.25) is 0 Å². The van der Waals surface area contributed by atoms with Crippen LogP contribution in [0.4, 0.5) is 5.82 Å². The van der Waals surface area contributed by atoms with Gasteiger partial charge in [0, 0.05) is 13.7 Å². The fraction of sp³-hybridized carbons (Fsp3) is 0.714. The maximum absolute atomic E-state index is 5.75. The molecule has 0 aliphatic heterocycles. The van der Waals surface area contributed by atoms with Gasteiger partial charge in [0.25, 0.3) is 0 Å². The van der Waals surface area contributed by atoms with Crippen molar-refractivity contribution in [2.45, 2.75) is 46.1 Å². The summed E-state index contributed by atoms with van der Waals surface area (Å²) >= 11 is 0. The Morgan fingerprint density at radius 2 is 2.16 bits per heavy atom. The Kier molecular flexibility index (Phi) is 7.18. The molecule has 1 unspecified atom stereocenters. The van der Waals surface area contributed by atoms with Crippen molar-refractivity contribution in [1.82, 2.24) is 9.97 Å². The van der Waals surface area contributed by atoms with Crippen molar-refractivity contribution in [3.05, 3.63) is 12.0 Å². The molecular weight excluding hydrogens is 242 g/mol. The second-order valence-corrected chi connectivity index (χ2v) is 4.49. The van der Waals surface area contributed by atoms with Crippen LogP contribution >= 0.6 is 0 Å². The molecule has 1 rings (SSSR count). The number of rotatable bonds is 9. The molecule has 19 heavy (non-hydrogen) atoms. The van der Waals surface area contributed by atoms with Gasteiger partial charge in [-0.25, -0.2) is 9.97 Å². The molecule has 0 aromatic carbocycles. The molecular formula is C14H25N3O2. The van der Waals surface area contributed by atoms with Crippen molar-refractivity contribution in [2.75, 3.05) is 25.6 Å². The zero-order valence-corrected chi connectivity index (χ0v) is 12.4. The van der Waals surface area contributed by atoms with E-state index < -0.39 is 0 Å². The zero-order chi connectivity index (χ0) is 14.1. The minimum absolute atomic E-state index is 0.102. The van der Waals surface area contributed by atoms with E-state index in [0.29, 0.717) is 12.4 Å². The zero-order valence-electron chi connectivity index (χ0n) is 12.4. The third-order valence-electron chi connectivity index (χ3n) is 2.91. The number of unbranched alkanes of at least 4 members (excludes halogenated alkanes) is 1. The van der Waals surface area contributed by atoms with Gasteiger partial charge in [0.15, 0.2) is 11.6 Å². The normalized spacial score (nSPS) is 12.2. The Morgan fingerprint density at radius 1 is 1.37 bits per heavy atom. The van der Waals surface area contributed by atoms with Crippen LogP contribution in [0.2, 0.25) is 0 Å². The Bertz CT molecular complexity index is 368. The smallest absolute Gasteiger partial charge is 0.179 e. The maximum atomic E-state index is 5.75. The topological polar surface area (TPSA) is 56.3 Å². The first kappa shape index (κ1) is 15.7. The van der Waals surface area contributed by atoms with Crippen LogP contribution in [-0.2, 0) is 4.74 Å². The van der Waals surface area contributed by atoms with Crippen LogP contribution in [0.1, 0.15) is 38.9 Å². The van der Waals surface area contributed by atoms with Gasteiger partial charge >= 0.3 is 0 Å². The van der Waals surface area contributed by atoms with Gasteiger partial charge in [0.05, 0.1) is 12.3 Å². The standard InChI is InChI=1S/C14H25N3O2/c1-5-7-8-15-14-13(9-16-11(3)17-14)19-10-12(6-2)18-4/h9,12H,5-8,10H2,1-4H3,(H,15,16,17). The van der Waals surface area contributed by atoms with Gasteiger partial charge in [-0.1, -0.05) is 20.3 Å². The van der Waals surface area contributed by atoms with Gasteiger partial charge < -0.3 is 14.8 Å². The summed E-state index contributed by atoms with van der Waals surface area (Å²) in [5, 5.41) is 3.30. The Balaban J connectivity index is 2.64. The lowest BCUT2D eigenvalue weighted by Gasteiger charge is -2.16. The fourth-order valence-corrected chi connectivity index (χ4v) is 1.61. The molecule has 1 atom stereocenters. The third kappa shape index (κ3) is 5.42. The van der Waals surface area contributed by atoms with Gasteiger partial charge in [0.2, 0.25) is 0 Å². The van der Waals surface area contributed by atoms with Crippen LogP contribution in [0.3, 0.4) is 0 Å². The second kappa shape index (κ2) is 8.69. The van der Waals surface area contributed by atoms with E-state index in [4.69, 9.17) is 9.47 Å². The molecule has 0 radical (unpaired) electrons. The molecule has 1 N–H and O–H groups in total. The van der Waals surface area contributed by atoms with Crippen LogP contribution in [0.25, 0.3) is 0 Å². The molecule has 1 heterocycles. The Hall–Kier alpha value is -1.36. The lowest BCUT2D eigenvalue weighted by molar-refractivity contribution is 0.0556. The van der Waals surface area contributed by atoms with Crippen LogP contribution in [0.5, 0.6) is 5.75 Å². The molecule has 0 bridgehead atoms. The molecule has 1 aromatic heterocycles. The molecule has 0 amide bonds. The van der Waals surface area contributed by atoms with E-state index in [9.17, 15) is 0 Å². The number of anilines is 1. The highest BCUT2D eigenvalue weighted by Gasteiger charge is 2.10. The lowest BCUT2D eigenvalue weighted by atomic mass is 10.3. The fourth-order valence-electron chi connectivity index (χ4n) is 1.61. The van der Waals surface area contributed by atoms with E-state index in [2.05, 4.69) is 29.1 Å². The number of ether oxygens (including phenoxy) is 2. The van der Waals surface area contributed by atoms with Gasteiger partial charge in [0.1, 0.15) is 12.4 Å². The van der Waals surface area contributed by atoms with Crippen molar-refractivity contribution >= 4 is 5.82 Å². The summed E-state index contributed by atoms with van der Waals surface area (Å²) in [4.78, 5) is 8.57. The average Bonchev–Trinajstić information content (AvgIpc) is 2.42. The number of hydrogen-bond donors (Lipinski definition) is 1. The largest absolute Gasteiger partial charge is 0.485 e. The summed E-state index contributed by atoms with van der Waals surface area (Å²) in [5.74, 6) is 2.20. The first-order valence-electron chi connectivity index (χ1n) is 6.94. The predicted octanol–water partition coefficient (Wildman–Crippen LogP) is 2.80. The summed E-state index contributed by atoms with van der Waals surface area (Å²) in [6.07, 6.45) is 5.00. The summed E-state index contributed by atoms with van der Waals surface area (Å²) < 4.78 is 11.1. The molecule has 0 aliphatic carbocycles. The van der Waals surface area contributed by atoms with E-state index in [0.717, 1.165) is 37.4 Å². The number of aryl methyl sites for hydroxylation is 1. The maximum Gasteiger partial charge on any atom is 0.179 e. The summed E-state index contributed by atoms with van der Waals surface area (Å²) in [7, 11) is 1.70. The SMILES string of the molecule is CCCCNc1nc(C)ncc1OCC(CC)OC. The van der Waals surface area contributed by atoms with Crippen LogP contribution in [-0.4, -0.2) is 36.3 Å². The Morgan fingerprint density at radius 3 is 2.79 bits per heavy atom. The highest BCUT2D eigenvalue weighted by Crippen LogP contribution is 2.21. The van der Waals surface area contributed by atoms with Crippen molar-refractivity contribution in [1.29, 1.82) is 0 Å². The van der Waals surface area contributed by atoms with Gasteiger partial charge in [-0.15, -0.1) is 0 Å². The van der Waals surface area contributed by atoms with Gasteiger partial charge in [-0.05, 0) is 19.8 Å². The molecule has 0 aliphatic rings. The van der Waals surface area contributed by atoms with Crippen molar-refractivity contribution < 1.29 is 9.47 Å². The van der Waals surface area contributed by atoms with E-state index >= 15 is 0 Å². The highest BCUT2D eigenvalue weighted by atomic mass is 16.5. The monoisotopic (exact) mass is 267 g/mol. The third-order valence-corrected chi connectivity index (χ3v) is 2.91. The van der Waals surface area contributed by atoms with Crippen LogP contribution < -0.4 is 10.1 Å². The van der Waals surface area contributed by atoms with Crippen molar-refractivity contribution in [3.63, 3.8) is 0 Å². The van der Waals surface area contributed by atoms with Crippen molar-refractivity contribution in [2.24, 2.45) is 0 Å². The quantitative estimate of drug-likeness (QED) is 0.697. The molecule has 0 saturated heterocycles. The number of nitrogens with zero attached hydrogens (tertiary/aromatic N) is 2. The van der Waals surface area contributed by atoms with E-state index in [1.165, 1.54) is 0 Å². The molecule has 0 saturated carbocycles. The minimum Gasteiger partial charge on any atom is -0.485 e. The van der Waals surface area contributed by atoms with E-state index in [-0.39, 0.29) is 6.10 Å². The molecule has 0 fully saturated rings. The molecule has 0 spiro atoms. The number of methoxy groups -OCH3 is 1. The molecule has 5 nitrogen and oxygen atoms in total. The second-order valence-electron chi connectivity index (χ2n) is 4.49. The lowest BCUT2D eigenvalue weighted by Crippen LogP contribution is -2.20. The summed E-state index contributed by atoms with van der Waals surface area (Å²) in [5.41, 5.74) is 0. The molecule has 5 heteroatoms. The highest BCUT2D eigenvalue weighted by molar-refractivity contribution is 5.48. The van der Waals surface area contributed by atoms with E-state index in [1.807, 2.05) is 6.92 Å². The summed E-state index contributed by atoms with van der Waals surface area (Å²) in [6, 6.07) is 0. The van der Waals surface area contributed by atoms with Gasteiger partial charge in [-0.2, -0.15) is 0 Å². The first-order valence-corrected chi connectivity index (χ1v) is 6.94. The van der Waals surface area contributed by atoms with E-state index in [1.54, 1.807) is 13.3 Å². The number of aromatic nitrogens is 2. The minimum atomic E-state index is 0.102. The average molecular weight is 267 g/mol. The number of hydrogen-bond acceptors (Lipinski definition) is 5.